The molecule has 0 aromatic carbocycles. The van der Waals surface area contributed by atoms with Crippen molar-refractivity contribution in [3.8, 4) is 0 Å². The molecule has 0 bridgehead atoms. The molecule has 1 aliphatic carbocycles. The molecule has 0 radical (unpaired) electrons. The van der Waals surface area contributed by atoms with Crippen molar-refractivity contribution in [2.75, 3.05) is 0 Å². The normalized spacial score (nSPS) is 43.3. The number of Topliss-reactive ketones (excluding diaryl/α,β-unsaturated/α-hetero) is 2. The second-order valence-electron chi connectivity index (χ2n) is 2.91. The summed E-state index contributed by atoms with van der Waals surface area (Å²) in [6, 6.07) is 0. The molecule has 1 saturated carbocycles. The summed E-state index contributed by atoms with van der Waals surface area (Å²) in [5.41, 5.74) is -0.656. The van der Waals surface area contributed by atoms with E-state index in [1.165, 1.54) is 6.92 Å². The van der Waals surface area contributed by atoms with E-state index >= 15 is 0 Å². The first kappa shape index (κ1) is 6.04. The second kappa shape index (κ2) is 1.48. The third-order valence-electron chi connectivity index (χ3n) is 2.33. The molecule has 3 heteroatoms. The lowest BCUT2D eigenvalue weighted by Crippen LogP contribution is -2.20. The topological polar surface area (TPSA) is 46.7 Å². The lowest BCUT2D eigenvalue weighted by Gasteiger charge is -1.98. The summed E-state index contributed by atoms with van der Waals surface area (Å²) in [5.74, 6) is 0.0959. The van der Waals surface area contributed by atoms with E-state index in [-0.39, 0.29) is 17.7 Å². The third kappa shape index (κ3) is 0.491. The van der Waals surface area contributed by atoms with Crippen molar-refractivity contribution >= 4 is 11.6 Å². The molecule has 2 aliphatic rings. The van der Waals surface area contributed by atoms with Crippen molar-refractivity contribution in [1.29, 1.82) is 0 Å². The van der Waals surface area contributed by atoms with Gasteiger partial charge in [0.1, 0.15) is 0 Å². The van der Waals surface area contributed by atoms with Gasteiger partial charge in [-0.05, 0) is 13.3 Å². The minimum Gasteiger partial charge on any atom is -0.349 e. The van der Waals surface area contributed by atoms with Crippen LogP contribution in [0.25, 0.3) is 0 Å². The molecule has 10 heavy (non-hydrogen) atoms. The average molecular weight is 140 g/mol. The highest BCUT2D eigenvalue weighted by Crippen LogP contribution is 2.48. The molecule has 0 N–H and O–H groups in total. The van der Waals surface area contributed by atoms with Gasteiger partial charge in [0, 0.05) is 6.42 Å². The molecule has 1 saturated heterocycles. The van der Waals surface area contributed by atoms with Crippen LogP contribution in [0.15, 0.2) is 0 Å². The molecule has 0 spiro atoms. The molecule has 2 rings (SSSR count). The smallest absolute Gasteiger partial charge is 0.165 e. The van der Waals surface area contributed by atoms with Crippen LogP contribution < -0.4 is 0 Å². The third-order valence-corrected chi connectivity index (χ3v) is 2.33. The number of rotatable bonds is 1. The van der Waals surface area contributed by atoms with E-state index in [0.717, 1.165) is 0 Å². The van der Waals surface area contributed by atoms with Gasteiger partial charge in [-0.1, -0.05) is 0 Å². The molecule has 0 aromatic rings. The zero-order chi connectivity index (χ0) is 7.35. The molecule has 54 valence electrons. The van der Waals surface area contributed by atoms with Crippen LogP contribution in [0.2, 0.25) is 0 Å². The first-order valence-corrected chi connectivity index (χ1v) is 3.38. The maximum atomic E-state index is 10.9. The van der Waals surface area contributed by atoms with Gasteiger partial charge in [0.15, 0.2) is 23.3 Å². The number of epoxide rings is 1. The number of fused-ring (bicyclic) bond motifs is 1. The van der Waals surface area contributed by atoms with E-state index < -0.39 is 5.60 Å². The molecular weight excluding hydrogens is 132 g/mol. The predicted molar refractivity (Wildman–Crippen MR) is 32.5 cm³/mol. The van der Waals surface area contributed by atoms with E-state index in [1.54, 1.807) is 0 Å². The molecule has 1 aliphatic heterocycles. The molecular formula is C7H8O3. The SMILES string of the molecule is CC(=O)C12CCC(=O)C1O2. The maximum absolute atomic E-state index is 10.9. The first-order chi connectivity index (χ1) is 4.67. The van der Waals surface area contributed by atoms with Gasteiger partial charge in [-0.25, -0.2) is 0 Å². The van der Waals surface area contributed by atoms with Crippen LogP contribution in [0.1, 0.15) is 19.8 Å². The van der Waals surface area contributed by atoms with Crippen LogP contribution in [-0.2, 0) is 14.3 Å². The summed E-state index contributed by atoms with van der Waals surface area (Å²) < 4.78 is 5.02. The summed E-state index contributed by atoms with van der Waals surface area (Å²) >= 11 is 0. The Morgan fingerprint density at radius 3 is 2.70 bits per heavy atom. The van der Waals surface area contributed by atoms with Crippen LogP contribution in [0.5, 0.6) is 0 Å². The minimum absolute atomic E-state index is 0.00310. The molecule has 2 unspecified atom stereocenters. The second-order valence-corrected chi connectivity index (χ2v) is 2.91. The van der Waals surface area contributed by atoms with Crippen molar-refractivity contribution in [3.63, 3.8) is 0 Å². The van der Waals surface area contributed by atoms with Crippen molar-refractivity contribution in [1.82, 2.24) is 0 Å². The molecule has 3 nitrogen and oxygen atoms in total. The van der Waals surface area contributed by atoms with Crippen LogP contribution in [0, 0.1) is 0 Å². The number of ketones is 2. The number of ether oxygens (including phenoxy) is 1. The fourth-order valence-electron chi connectivity index (χ4n) is 1.58. The maximum Gasteiger partial charge on any atom is 0.165 e. The number of hydrogen-bond donors (Lipinski definition) is 0. The Morgan fingerprint density at radius 1 is 1.80 bits per heavy atom. The Bertz CT molecular complexity index is 221. The zero-order valence-electron chi connectivity index (χ0n) is 5.72. The highest BCUT2D eigenvalue weighted by molar-refractivity contribution is 6.03. The Morgan fingerprint density at radius 2 is 2.50 bits per heavy atom. The predicted octanol–water partition coefficient (Wildman–Crippen LogP) is 0.0759. The summed E-state index contributed by atoms with van der Waals surface area (Å²) in [5, 5.41) is 0. The van der Waals surface area contributed by atoms with E-state index in [9.17, 15) is 9.59 Å². The van der Waals surface area contributed by atoms with Gasteiger partial charge in [-0.15, -0.1) is 0 Å². The van der Waals surface area contributed by atoms with Crippen LogP contribution in [0.3, 0.4) is 0 Å². The lowest BCUT2D eigenvalue weighted by atomic mass is 10.0. The molecule has 2 fully saturated rings. The Kier molecular flexibility index (Phi) is 0.892. The quantitative estimate of drug-likeness (QED) is 0.484. The van der Waals surface area contributed by atoms with Crippen molar-refractivity contribution in [3.05, 3.63) is 0 Å². The van der Waals surface area contributed by atoms with Crippen molar-refractivity contribution in [2.45, 2.75) is 31.5 Å². The largest absolute Gasteiger partial charge is 0.349 e. The van der Waals surface area contributed by atoms with Crippen LogP contribution in [-0.4, -0.2) is 23.3 Å². The van der Waals surface area contributed by atoms with Gasteiger partial charge < -0.3 is 4.74 Å². The van der Waals surface area contributed by atoms with Gasteiger partial charge in [-0.2, -0.15) is 0 Å². The van der Waals surface area contributed by atoms with Crippen molar-refractivity contribution in [2.24, 2.45) is 0 Å². The fourth-order valence-corrected chi connectivity index (χ4v) is 1.58. The Balaban J connectivity index is 2.25. The van der Waals surface area contributed by atoms with Crippen LogP contribution >= 0.6 is 0 Å². The lowest BCUT2D eigenvalue weighted by molar-refractivity contribution is -0.122. The number of carbonyl (C=O) groups excluding carboxylic acids is 2. The molecule has 2 atom stereocenters. The van der Waals surface area contributed by atoms with Crippen LogP contribution in [0.4, 0.5) is 0 Å². The summed E-state index contributed by atoms with van der Waals surface area (Å²) in [7, 11) is 0. The van der Waals surface area contributed by atoms with E-state index in [4.69, 9.17) is 4.74 Å². The highest BCUT2D eigenvalue weighted by atomic mass is 16.6. The van der Waals surface area contributed by atoms with E-state index in [2.05, 4.69) is 0 Å². The molecule has 1 heterocycles. The van der Waals surface area contributed by atoms with Gasteiger partial charge >= 0.3 is 0 Å². The number of carbonyl (C=O) groups is 2. The minimum atomic E-state index is -0.656. The molecule has 0 amide bonds. The standard InChI is InChI=1S/C7H8O3/c1-4(8)7-3-2-5(9)6(7)10-7/h6H,2-3H2,1H3. The van der Waals surface area contributed by atoms with Gasteiger partial charge in [-0.3, -0.25) is 9.59 Å². The fraction of sp³-hybridized carbons (Fsp3) is 0.714. The van der Waals surface area contributed by atoms with E-state index in [0.29, 0.717) is 12.8 Å². The van der Waals surface area contributed by atoms with Gasteiger partial charge in [0.25, 0.3) is 0 Å². The monoisotopic (exact) mass is 140 g/mol. The highest BCUT2D eigenvalue weighted by Gasteiger charge is 2.67. The zero-order valence-corrected chi connectivity index (χ0v) is 5.72. The average Bonchev–Trinajstić information content (AvgIpc) is 2.52. The molecule has 0 aromatic heterocycles. The van der Waals surface area contributed by atoms with Crippen molar-refractivity contribution < 1.29 is 14.3 Å². The van der Waals surface area contributed by atoms with Gasteiger partial charge in [0.2, 0.25) is 0 Å². The first-order valence-electron chi connectivity index (χ1n) is 3.38. The summed E-state index contributed by atoms with van der Waals surface area (Å²) in [6.07, 6.45) is 0.751. The van der Waals surface area contributed by atoms with Gasteiger partial charge in [0.05, 0.1) is 0 Å². The Labute approximate surface area is 58.4 Å². The summed E-state index contributed by atoms with van der Waals surface area (Å²) in [4.78, 5) is 21.7. The summed E-state index contributed by atoms with van der Waals surface area (Å²) in [6.45, 7) is 1.48. The number of hydrogen-bond acceptors (Lipinski definition) is 3. The Hall–Kier alpha value is -0.700. The van der Waals surface area contributed by atoms with E-state index in [1.807, 2.05) is 0 Å².